The van der Waals surface area contributed by atoms with Crippen molar-refractivity contribution in [1.29, 1.82) is 5.41 Å². The van der Waals surface area contributed by atoms with Crippen LogP contribution in [0.2, 0.25) is 0 Å². The summed E-state index contributed by atoms with van der Waals surface area (Å²) in [6.45, 7) is 6.24. The summed E-state index contributed by atoms with van der Waals surface area (Å²) in [6, 6.07) is 4.09. The van der Waals surface area contributed by atoms with Crippen molar-refractivity contribution in [1.82, 2.24) is 4.98 Å². The Morgan fingerprint density at radius 2 is 2.12 bits per heavy atom. The van der Waals surface area contributed by atoms with Gasteiger partial charge in [-0.25, -0.2) is 4.98 Å². The smallest absolute Gasteiger partial charge is 0.186 e. The number of nitrogens with one attached hydrogen (secondary N) is 1. The lowest BCUT2D eigenvalue weighted by Gasteiger charge is -2.15. The van der Waals surface area contributed by atoms with Crippen LogP contribution < -0.4 is 4.74 Å². The van der Waals surface area contributed by atoms with E-state index in [1.807, 2.05) is 24.4 Å². The zero-order chi connectivity index (χ0) is 18.1. The van der Waals surface area contributed by atoms with Crippen LogP contribution in [0.1, 0.15) is 47.4 Å². The highest BCUT2D eigenvalue weighted by molar-refractivity contribution is 8.19. The Hall–Kier alpha value is -1.92. The van der Waals surface area contributed by atoms with Gasteiger partial charge in [0.25, 0.3) is 0 Å². The van der Waals surface area contributed by atoms with Crippen LogP contribution in [0.3, 0.4) is 0 Å². The molecule has 1 aromatic heterocycles. The number of thioether (sulfide) groups is 1. The van der Waals surface area contributed by atoms with Crippen molar-refractivity contribution in [3.8, 4) is 5.75 Å². The van der Waals surface area contributed by atoms with Gasteiger partial charge in [0.2, 0.25) is 0 Å². The van der Waals surface area contributed by atoms with Crippen LogP contribution in [-0.2, 0) is 4.79 Å². The van der Waals surface area contributed by atoms with E-state index in [2.05, 4.69) is 24.9 Å². The molecule has 1 N–H and O–H groups in total. The Morgan fingerprint density at radius 3 is 2.72 bits per heavy atom. The van der Waals surface area contributed by atoms with Crippen LogP contribution in [0.15, 0.2) is 28.6 Å². The number of thiazole rings is 1. The summed E-state index contributed by atoms with van der Waals surface area (Å²) in [5.41, 5.74) is 3.15. The number of ether oxygens (including phenoxy) is 1. The third kappa shape index (κ3) is 3.41. The average molecular weight is 373 g/mol. The predicted molar refractivity (Wildman–Crippen MR) is 105 cm³/mol. The molecule has 2 aromatic rings. The molecular weight excluding hydrogens is 352 g/mol. The van der Waals surface area contributed by atoms with Gasteiger partial charge in [0.05, 0.1) is 17.1 Å². The zero-order valence-corrected chi connectivity index (χ0v) is 16.3. The number of rotatable bonds is 4. The summed E-state index contributed by atoms with van der Waals surface area (Å²) in [5.74, 6) is 0.611. The van der Waals surface area contributed by atoms with Gasteiger partial charge in [0.1, 0.15) is 16.7 Å². The lowest BCUT2D eigenvalue weighted by Crippen LogP contribution is -2.11. The maximum absolute atomic E-state index is 12.8. The van der Waals surface area contributed by atoms with Crippen LogP contribution in [0.4, 0.5) is 0 Å². The van der Waals surface area contributed by atoms with Crippen LogP contribution in [0.5, 0.6) is 5.75 Å². The van der Waals surface area contributed by atoms with E-state index in [-0.39, 0.29) is 5.78 Å². The minimum atomic E-state index is -0.542. The summed E-state index contributed by atoms with van der Waals surface area (Å²) in [4.78, 5) is 17.6. The standard InChI is InChI=1S/C19H20N2O2S2/c1-10(2)13-8-12(11(3)7-14(13)23-4)9-15-17(22)16(18(20)25-15)19-21-5-6-24-19/h5-10,16,20H,1-4H3/b15-9-,20-18?/t16-/m0/s1. The molecule has 1 saturated heterocycles. The largest absolute Gasteiger partial charge is 0.496 e. The molecule has 25 heavy (non-hydrogen) atoms. The van der Waals surface area contributed by atoms with Crippen molar-refractivity contribution in [3.63, 3.8) is 0 Å². The van der Waals surface area contributed by atoms with Gasteiger partial charge in [-0.05, 0) is 47.7 Å². The van der Waals surface area contributed by atoms with Crippen LogP contribution >= 0.6 is 23.1 Å². The molecule has 2 heterocycles. The normalized spacial score (nSPS) is 19.2. The molecule has 3 rings (SSSR count). The van der Waals surface area contributed by atoms with E-state index < -0.39 is 5.92 Å². The summed E-state index contributed by atoms with van der Waals surface area (Å²) in [5, 5.41) is 11.1. The second-order valence-electron chi connectivity index (χ2n) is 6.25. The second-order valence-corrected chi connectivity index (χ2v) is 8.26. The molecule has 1 atom stereocenters. The highest BCUT2D eigenvalue weighted by Crippen LogP contribution is 2.42. The van der Waals surface area contributed by atoms with Gasteiger partial charge in [-0.1, -0.05) is 25.6 Å². The average Bonchev–Trinajstić information content (AvgIpc) is 3.17. The van der Waals surface area contributed by atoms with E-state index in [0.29, 0.717) is 20.9 Å². The molecule has 1 fully saturated rings. The third-order valence-electron chi connectivity index (χ3n) is 4.21. The monoisotopic (exact) mass is 372 g/mol. The summed E-state index contributed by atoms with van der Waals surface area (Å²) in [6.07, 6.45) is 3.57. The fraction of sp³-hybridized carbons (Fsp3) is 0.316. The molecule has 0 aliphatic carbocycles. The van der Waals surface area contributed by atoms with Gasteiger partial charge in [0.15, 0.2) is 5.78 Å². The highest BCUT2D eigenvalue weighted by atomic mass is 32.2. The fourth-order valence-electron chi connectivity index (χ4n) is 2.83. The number of ketones is 1. The van der Waals surface area contributed by atoms with E-state index in [9.17, 15) is 4.79 Å². The number of aryl methyl sites for hydroxylation is 1. The van der Waals surface area contributed by atoms with E-state index >= 15 is 0 Å². The summed E-state index contributed by atoms with van der Waals surface area (Å²) in [7, 11) is 1.68. The molecule has 1 aliphatic rings. The lowest BCUT2D eigenvalue weighted by molar-refractivity contribution is -0.114. The number of carbonyl (C=O) groups excluding carboxylic acids is 1. The molecule has 0 saturated carbocycles. The van der Waals surface area contributed by atoms with Crippen molar-refractivity contribution in [3.05, 3.63) is 50.3 Å². The zero-order valence-electron chi connectivity index (χ0n) is 14.6. The number of nitrogens with zero attached hydrogens (tertiary/aromatic N) is 1. The fourth-order valence-corrected chi connectivity index (χ4v) is 4.63. The van der Waals surface area contributed by atoms with Gasteiger partial charge in [-0.3, -0.25) is 10.2 Å². The molecule has 4 nitrogen and oxygen atoms in total. The van der Waals surface area contributed by atoms with Crippen LogP contribution in [0.25, 0.3) is 6.08 Å². The number of Topliss-reactive ketones (excluding diaryl/α,β-unsaturated/α-hetero) is 1. The number of allylic oxidation sites excluding steroid dienone is 1. The first-order chi connectivity index (χ1) is 11.9. The minimum absolute atomic E-state index is 0.0359. The SMILES string of the molecule is COc1cc(C)c(/C=C2\SC(=N)[C@@H](c3nccs3)C2=O)cc1C(C)C. The molecule has 0 unspecified atom stereocenters. The van der Waals surface area contributed by atoms with Crippen molar-refractivity contribution < 1.29 is 9.53 Å². The molecule has 0 spiro atoms. The summed E-state index contributed by atoms with van der Waals surface area (Å²) < 4.78 is 5.48. The quantitative estimate of drug-likeness (QED) is 0.767. The molecule has 0 bridgehead atoms. The maximum Gasteiger partial charge on any atom is 0.186 e. The number of carbonyl (C=O) groups is 1. The Labute approximate surface area is 155 Å². The number of methoxy groups -OCH3 is 1. The van der Waals surface area contributed by atoms with Crippen molar-refractivity contribution in [2.75, 3.05) is 7.11 Å². The molecule has 6 heteroatoms. The van der Waals surface area contributed by atoms with Crippen molar-refractivity contribution in [2.24, 2.45) is 0 Å². The first-order valence-electron chi connectivity index (χ1n) is 8.02. The number of hydrogen-bond donors (Lipinski definition) is 1. The van der Waals surface area contributed by atoms with Crippen molar-refractivity contribution in [2.45, 2.75) is 32.6 Å². The van der Waals surface area contributed by atoms with Gasteiger partial charge in [-0.2, -0.15) is 0 Å². The van der Waals surface area contributed by atoms with Crippen molar-refractivity contribution >= 4 is 40.0 Å². The first kappa shape index (κ1) is 17.9. The van der Waals surface area contributed by atoms with Gasteiger partial charge in [0, 0.05) is 11.6 Å². The maximum atomic E-state index is 12.8. The molecule has 0 amide bonds. The van der Waals surface area contributed by atoms with Crippen LogP contribution in [-0.4, -0.2) is 22.9 Å². The third-order valence-corrected chi connectivity index (χ3v) is 6.05. The lowest BCUT2D eigenvalue weighted by atomic mass is 9.95. The Morgan fingerprint density at radius 1 is 1.36 bits per heavy atom. The van der Waals surface area contributed by atoms with E-state index in [4.69, 9.17) is 10.1 Å². The first-order valence-corrected chi connectivity index (χ1v) is 9.72. The Bertz CT molecular complexity index is 855. The number of benzene rings is 1. The summed E-state index contributed by atoms with van der Waals surface area (Å²) >= 11 is 2.66. The second kappa shape index (κ2) is 7.14. The Balaban J connectivity index is 2.00. The number of aromatic nitrogens is 1. The van der Waals surface area contributed by atoms with E-state index in [1.165, 1.54) is 23.1 Å². The predicted octanol–water partition coefficient (Wildman–Crippen LogP) is 5.00. The number of hydrogen-bond acceptors (Lipinski definition) is 6. The van der Waals surface area contributed by atoms with Crippen LogP contribution in [0, 0.1) is 12.3 Å². The Kier molecular flexibility index (Phi) is 5.11. The van der Waals surface area contributed by atoms with Gasteiger partial charge < -0.3 is 4.74 Å². The topological polar surface area (TPSA) is 63.0 Å². The molecule has 0 radical (unpaired) electrons. The van der Waals surface area contributed by atoms with Gasteiger partial charge in [-0.15, -0.1) is 11.3 Å². The van der Waals surface area contributed by atoms with Gasteiger partial charge >= 0.3 is 0 Å². The van der Waals surface area contributed by atoms with E-state index in [0.717, 1.165) is 22.4 Å². The molecule has 130 valence electrons. The molecule has 1 aliphatic heterocycles. The molecular formula is C19H20N2O2S2. The van der Waals surface area contributed by atoms with E-state index in [1.54, 1.807) is 13.3 Å². The molecule has 1 aromatic carbocycles. The highest BCUT2D eigenvalue weighted by Gasteiger charge is 2.38. The minimum Gasteiger partial charge on any atom is -0.496 e.